The van der Waals surface area contributed by atoms with E-state index in [1.165, 1.54) is 47.9 Å². The van der Waals surface area contributed by atoms with Gasteiger partial charge in [-0.15, -0.1) is 0 Å². The van der Waals surface area contributed by atoms with Gasteiger partial charge in [0.25, 0.3) is 0 Å². The molecule has 0 bridgehead atoms. The molecule has 0 saturated carbocycles. The zero-order valence-corrected chi connectivity index (χ0v) is 16.6. The molecule has 0 heterocycles. The van der Waals surface area contributed by atoms with E-state index in [1.54, 1.807) is 0 Å². The summed E-state index contributed by atoms with van der Waals surface area (Å²) in [5, 5.41) is 0. The molecule has 26 heavy (non-hydrogen) atoms. The average molecular weight is 347 g/mol. The van der Waals surface area contributed by atoms with E-state index in [2.05, 4.69) is 52.0 Å². The SMILES string of the molecule is CC1(C)CCCc2ccc(C(=O)c3ccc4c(c3)C(C)(C)CCC4)cc21. The molecule has 0 amide bonds. The predicted molar refractivity (Wildman–Crippen MR) is 108 cm³/mol. The first-order chi connectivity index (χ1) is 12.3. The second-order valence-corrected chi connectivity index (χ2v) is 9.55. The third-order valence-electron chi connectivity index (χ3n) is 6.70. The summed E-state index contributed by atoms with van der Waals surface area (Å²) >= 11 is 0. The summed E-state index contributed by atoms with van der Waals surface area (Å²) in [5.74, 6) is 0.165. The van der Waals surface area contributed by atoms with E-state index in [0.29, 0.717) is 0 Å². The topological polar surface area (TPSA) is 17.1 Å². The Kier molecular flexibility index (Phi) is 4.10. The number of carbonyl (C=O) groups excluding carboxylic acids is 1. The number of rotatable bonds is 2. The fraction of sp³-hybridized carbons (Fsp3) is 0.480. The maximum atomic E-state index is 13.2. The third-order valence-corrected chi connectivity index (χ3v) is 6.70. The molecule has 2 aromatic rings. The Morgan fingerprint density at radius 1 is 0.731 bits per heavy atom. The van der Waals surface area contributed by atoms with E-state index in [0.717, 1.165) is 24.0 Å². The molecule has 136 valence electrons. The molecule has 0 N–H and O–H groups in total. The summed E-state index contributed by atoms with van der Waals surface area (Å²) in [6.07, 6.45) is 7.16. The minimum Gasteiger partial charge on any atom is -0.289 e. The molecule has 4 rings (SSSR count). The van der Waals surface area contributed by atoms with Crippen LogP contribution in [-0.4, -0.2) is 5.78 Å². The largest absolute Gasteiger partial charge is 0.289 e. The molecule has 2 aromatic carbocycles. The molecule has 0 aliphatic heterocycles. The molecule has 0 aromatic heterocycles. The lowest BCUT2D eigenvalue weighted by molar-refractivity contribution is 0.103. The van der Waals surface area contributed by atoms with Crippen molar-refractivity contribution < 1.29 is 4.79 Å². The van der Waals surface area contributed by atoms with Gasteiger partial charge in [0.2, 0.25) is 0 Å². The summed E-state index contributed by atoms with van der Waals surface area (Å²) < 4.78 is 0. The average Bonchev–Trinajstić information content (AvgIpc) is 2.60. The fourth-order valence-corrected chi connectivity index (χ4v) is 5.01. The van der Waals surface area contributed by atoms with Crippen molar-refractivity contribution in [3.8, 4) is 0 Å². The number of hydrogen-bond donors (Lipinski definition) is 0. The van der Waals surface area contributed by atoms with Crippen LogP contribution in [0.5, 0.6) is 0 Å². The summed E-state index contributed by atoms with van der Waals surface area (Å²) in [4.78, 5) is 13.2. The van der Waals surface area contributed by atoms with Gasteiger partial charge in [-0.1, -0.05) is 52.0 Å². The van der Waals surface area contributed by atoms with E-state index >= 15 is 0 Å². The van der Waals surface area contributed by atoms with Crippen LogP contribution in [0.1, 0.15) is 91.6 Å². The minimum atomic E-state index is 0.165. The molecule has 2 aliphatic rings. The minimum absolute atomic E-state index is 0.165. The van der Waals surface area contributed by atoms with Crippen molar-refractivity contribution in [1.29, 1.82) is 0 Å². The van der Waals surface area contributed by atoms with Crippen LogP contribution in [0.3, 0.4) is 0 Å². The van der Waals surface area contributed by atoms with E-state index in [1.807, 2.05) is 12.1 Å². The highest BCUT2D eigenvalue weighted by Crippen LogP contribution is 2.39. The van der Waals surface area contributed by atoms with Crippen LogP contribution in [-0.2, 0) is 23.7 Å². The monoisotopic (exact) mass is 346 g/mol. The van der Waals surface area contributed by atoms with Gasteiger partial charge in [-0.2, -0.15) is 0 Å². The predicted octanol–water partition coefficient (Wildman–Crippen LogP) is 6.15. The summed E-state index contributed by atoms with van der Waals surface area (Å²) in [7, 11) is 0. The van der Waals surface area contributed by atoms with Gasteiger partial charge in [0.1, 0.15) is 0 Å². The molecule has 0 radical (unpaired) electrons. The Morgan fingerprint density at radius 2 is 1.15 bits per heavy atom. The van der Waals surface area contributed by atoms with Crippen LogP contribution in [0.25, 0.3) is 0 Å². The normalized spacial score (nSPS) is 20.2. The van der Waals surface area contributed by atoms with Crippen LogP contribution in [0, 0.1) is 0 Å². The van der Waals surface area contributed by atoms with E-state index < -0.39 is 0 Å². The van der Waals surface area contributed by atoms with Crippen molar-refractivity contribution in [3.05, 3.63) is 69.8 Å². The van der Waals surface area contributed by atoms with Gasteiger partial charge >= 0.3 is 0 Å². The first-order valence-corrected chi connectivity index (χ1v) is 10.1. The maximum absolute atomic E-state index is 13.2. The van der Waals surface area contributed by atoms with Crippen molar-refractivity contribution >= 4 is 5.78 Å². The molecule has 0 unspecified atom stereocenters. The second-order valence-electron chi connectivity index (χ2n) is 9.55. The molecule has 0 saturated heterocycles. The zero-order chi connectivity index (χ0) is 18.5. The Morgan fingerprint density at radius 3 is 1.58 bits per heavy atom. The Bertz CT molecular complexity index is 798. The first kappa shape index (κ1) is 17.5. The number of carbonyl (C=O) groups is 1. The lowest BCUT2D eigenvalue weighted by Crippen LogP contribution is -2.25. The number of benzene rings is 2. The maximum Gasteiger partial charge on any atom is 0.193 e. The Labute approximate surface area is 157 Å². The lowest BCUT2D eigenvalue weighted by atomic mass is 9.71. The number of hydrogen-bond acceptors (Lipinski definition) is 1. The van der Waals surface area contributed by atoms with Crippen molar-refractivity contribution in [1.82, 2.24) is 0 Å². The van der Waals surface area contributed by atoms with Gasteiger partial charge in [0.15, 0.2) is 5.78 Å². The van der Waals surface area contributed by atoms with Crippen molar-refractivity contribution in [2.24, 2.45) is 0 Å². The van der Waals surface area contributed by atoms with Crippen LogP contribution in [0.4, 0.5) is 0 Å². The van der Waals surface area contributed by atoms with Crippen molar-refractivity contribution in [2.45, 2.75) is 77.0 Å². The summed E-state index contributed by atoms with van der Waals surface area (Å²) in [5.41, 5.74) is 7.60. The molecular weight excluding hydrogens is 316 g/mol. The van der Waals surface area contributed by atoms with E-state index in [-0.39, 0.29) is 16.6 Å². The highest BCUT2D eigenvalue weighted by Gasteiger charge is 2.30. The summed E-state index contributed by atoms with van der Waals surface area (Å²) in [6.45, 7) is 9.22. The van der Waals surface area contributed by atoms with Crippen LogP contribution >= 0.6 is 0 Å². The molecular formula is C25H30O. The van der Waals surface area contributed by atoms with E-state index in [4.69, 9.17) is 0 Å². The molecule has 2 aliphatic carbocycles. The van der Waals surface area contributed by atoms with Crippen LogP contribution in [0.15, 0.2) is 36.4 Å². The second kappa shape index (κ2) is 6.08. The van der Waals surface area contributed by atoms with Gasteiger partial charge in [-0.05, 0) is 83.7 Å². The number of aryl methyl sites for hydroxylation is 2. The number of fused-ring (bicyclic) bond motifs is 2. The highest BCUT2D eigenvalue weighted by molar-refractivity contribution is 6.09. The molecule has 1 heteroatoms. The smallest absolute Gasteiger partial charge is 0.193 e. The Hall–Kier alpha value is -1.89. The first-order valence-electron chi connectivity index (χ1n) is 10.1. The van der Waals surface area contributed by atoms with E-state index in [9.17, 15) is 4.79 Å². The summed E-state index contributed by atoms with van der Waals surface area (Å²) in [6, 6.07) is 12.8. The van der Waals surface area contributed by atoms with Gasteiger partial charge < -0.3 is 0 Å². The fourth-order valence-electron chi connectivity index (χ4n) is 5.01. The number of ketones is 1. The standard InChI is InChI=1S/C25H30O/c1-24(2)13-5-7-17-9-11-19(15-21(17)24)23(26)20-12-10-18-8-6-14-25(3,4)22(18)16-20/h9-12,15-16H,5-8,13-14H2,1-4H3. The van der Waals surface area contributed by atoms with Crippen molar-refractivity contribution in [3.63, 3.8) is 0 Å². The zero-order valence-electron chi connectivity index (χ0n) is 16.6. The van der Waals surface area contributed by atoms with Gasteiger partial charge in [0, 0.05) is 11.1 Å². The van der Waals surface area contributed by atoms with Gasteiger partial charge in [-0.25, -0.2) is 0 Å². The Balaban J connectivity index is 1.73. The van der Waals surface area contributed by atoms with Gasteiger partial charge in [0.05, 0.1) is 0 Å². The molecule has 0 fully saturated rings. The van der Waals surface area contributed by atoms with Gasteiger partial charge in [-0.3, -0.25) is 4.79 Å². The van der Waals surface area contributed by atoms with Crippen molar-refractivity contribution in [2.75, 3.05) is 0 Å². The quantitative estimate of drug-likeness (QED) is 0.596. The highest BCUT2D eigenvalue weighted by atomic mass is 16.1. The van der Waals surface area contributed by atoms with Crippen LogP contribution < -0.4 is 0 Å². The third kappa shape index (κ3) is 2.92. The lowest BCUT2D eigenvalue weighted by Gasteiger charge is -2.33. The molecule has 0 spiro atoms. The molecule has 1 nitrogen and oxygen atoms in total. The van der Waals surface area contributed by atoms with Crippen LogP contribution in [0.2, 0.25) is 0 Å². The molecule has 0 atom stereocenters.